The molecule has 1 aromatic carbocycles. The molecule has 0 spiro atoms. The monoisotopic (exact) mass is 346 g/mol. The number of nitrogens with zero attached hydrogens (tertiary/aromatic N) is 2. The molecule has 1 amide bonds. The van der Waals surface area contributed by atoms with Gasteiger partial charge in [-0.1, -0.05) is 19.9 Å². The lowest BCUT2D eigenvalue weighted by Crippen LogP contribution is -2.43. The van der Waals surface area contributed by atoms with Gasteiger partial charge in [0.15, 0.2) is 0 Å². The predicted molar refractivity (Wildman–Crippen MR) is 100 cm³/mol. The maximum Gasteiger partial charge on any atom is 0.241 e. The van der Waals surface area contributed by atoms with Crippen LogP contribution in [0.2, 0.25) is 0 Å². The van der Waals surface area contributed by atoms with Crippen LogP contribution in [-0.2, 0) is 16.0 Å². The molecule has 0 aromatic heterocycles. The first-order chi connectivity index (χ1) is 12.2. The first-order valence-corrected chi connectivity index (χ1v) is 9.35. The summed E-state index contributed by atoms with van der Waals surface area (Å²) in [5, 5.41) is 0. The summed E-state index contributed by atoms with van der Waals surface area (Å²) in [7, 11) is 1.67. The number of hydrogen-bond acceptors (Lipinski definition) is 4. The molecule has 0 bridgehead atoms. The van der Waals surface area contributed by atoms with Crippen LogP contribution in [0.5, 0.6) is 5.75 Å². The number of amides is 1. The van der Waals surface area contributed by atoms with Crippen molar-refractivity contribution in [1.29, 1.82) is 0 Å². The molecule has 2 heterocycles. The van der Waals surface area contributed by atoms with E-state index in [2.05, 4.69) is 4.90 Å². The van der Waals surface area contributed by atoms with E-state index in [4.69, 9.17) is 4.74 Å². The molecule has 1 aromatic rings. The molecule has 25 heavy (non-hydrogen) atoms. The molecule has 1 saturated heterocycles. The molecule has 0 N–H and O–H groups in total. The summed E-state index contributed by atoms with van der Waals surface area (Å²) in [6.07, 6.45) is 4.54. The second kappa shape index (κ2) is 9.56. The van der Waals surface area contributed by atoms with E-state index in [-0.39, 0.29) is 5.91 Å². The average molecular weight is 346 g/mol. The molecular formula is C20H30N2O3. The van der Waals surface area contributed by atoms with Crippen LogP contribution >= 0.6 is 0 Å². The number of carbonyl (C=O) groups excluding carboxylic acids is 2. The Morgan fingerprint density at radius 3 is 2.60 bits per heavy atom. The van der Waals surface area contributed by atoms with Crippen LogP contribution < -0.4 is 9.64 Å². The SMILES string of the molecule is CC.COc1cccc2c1CCN2C(=O)CN1CCC(CC=O)CC1. The van der Waals surface area contributed by atoms with Gasteiger partial charge in [-0.2, -0.15) is 0 Å². The van der Waals surface area contributed by atoms with E-state index < -0.39 is 0 Å². The highest BCUT2D eigenvalue weighted by molar-refractivity contribution is 5.97. The van der Waals surface area contributed by atoms with E-state index in [1.54, 1.807) is 7.11 Å². The van der Waals surface area contributed by atoms with Crippen LogP contribution in [0.4, 0.5) is 5.69 Å². The fourth-order valence-electron chi connectivity index (χ4n) is 3.65. The van der Waals surface area contributed by atoms with Gasteiger partial charge in [0.25, 0.3) is 0 Å². The fraction of sp³-hybridized carbons (Fsp3) is 0.600. The zero-order valence-electron chi connectivity index (χ0n) is 15.7. The number of hydrogen-bond donors (Lipinski definition) is 0. The predicted octanol–water partition coefficient (Wildman–Crippen LogP) is 2.91. The maximum absolute atomic E-state index is 12.7. The van der Waals surface area contributed by atoms with Crippen molar-refractivity contribution in [3.05, 3.63) is 23.8 Å². The standard InChI is InChI=1S/C18H24N2O3.C2H6/c1-23-17-4-2-3-16-15(17)7-11-20(16)18(22)13-19-9-5-14(6-10-19)8-12-21;1-2/h2-4,12,14H,5-11,13H2,1H3;1-2H3. The van der Waals surface area contributed by atoms with E-state index in [0.29, 0.717) is 18.9 Å². The van der Waals surface area contributed by atoms with Crippen molar-refractivity contribution in [1.82, 2.24) is 4.90 Å². The van der Waals surface area contributed by atoms with Crippen LogP contribution in [0.25, 0.3) is 0 Å². The number of benzene rings is 1. The molecule has 0 unspecified atom stereocenters. The molecule has 5 heteroatoms. The number of ether oxygens (including phenoxy) is 1. The van der Waals surface area contributed by atoms with Gasteiger partial charge in [0.05, 0.1) is 19.3 Å². The van der Waals surface area contributed by atoms with E-state index in [1.165, 1.54) is 0 Å². The summed E-state index contributed by atoms with van der Waals surface area (Å²) in [5.41, 5.74) is 2.12. The number of anilines is 1. The van der Waals surface area contributed by atoms with Crippen molar-refractivity contribution in [2.45, 2.75) is 39.5 Å². The van der Waals surface area contributed by atoms with Crippen molar-refractivity contribution < 1.29 is 14.3 Å². The van der Waals surface area contributed by atoms with Crippen molar-refractivity contribution in [2.75, 3.05) is 38.2 Å². The Kier molecular flexibility index (Phi) is 7.44. The van der Waals surface area contributed by atoms with Crippen molar-refractivity contribution in [2.24, 2.45) is 5.92 Å². The van der Waals surface area contributed by atoms with Gasteiger partial charge in [-0.05, 0) is 50.4 Å². The summed E-state index contributed by atoms with van der Waals surface area (Å²) >= 11 is 0. The third kappa shape index (κ3) is 4.60. The van der Waals surface area contributed by atoms with Gasteiger partial charge in [-0.15, -0.1) is 0 Å². The van der Waals surface area contributed by atoms with Crippen molar-refractivity contribution in [3.8, 4) is 5.75 Å². The molecule has 0 saturated carbocycles. The zero-order chi connectivity index (χ0) is 18.2. The van der Waals surface area contributed by atoms with Gasteiger partial charge < -0.3 is 14.4 Å². The lowest BCUT2D eigenvalue weighted by molar-refractivity contribution is -0.120. The lowest BCUT2D eigenvalue weighted by Gasteiger charge is -2.31. The van der Waals surface area contributed by atoms with Crippen LogP contribution in [0, 0.1) is 5.92 Å². The average Bonchev–Trinajstić information content (AvgIpc) is 3.09. The summed E-state index contributed by atoms with van der Waals surface area (Å²) in [5.74, 6) is 1.52. The molecule has 3 rings (SSSR count). The highest BCUT2D eigenvalue weighted by Gasteiger charge is 2.29. The third-order valence-electron chi connectivity index (χ3n) is 5.00. The highest BCUT2D eigenvalue weighted by Crippen LogP contribution is 2.35. The topological polar surface area (TPSA) is 49.9 Å². The second-order valence-corrected chi connectivity index (χ2v) is 6.38. The minimum Gasteiger partial charge on any atom is -0.496 e. The largest absolute Gasteiger partial charge is 0.496 e. The van der Waals surface area contributed by atoms with Gasteiger partial charge in [0, 0.05) is 18.5 Å². The highest BCUT2D eigenvalue weighted by atomic mass is 16.5. The number of methoxy groups -OCH3 is 1. The molecule has 2 aliphatic heterocycles. The minimum atomic E-state index is 0.158. The third-order valence-corrected chi connectivity index (χ3v) is 5.00. The van der Waals surface area contributed by atoms with Gasteiger partial charge in [0.1, 0.15) is 12.0 Å². The van der Waals surface area contributed by atoms with Gasteiger partial charge >= 0.3 is 0 Å². The van der Waals surface area contributed by atoms with E-state index in [0.717, 1.165) is 62.2 Å². The first kappa shape index (κ1) is 19.4. The quantitative estimate of drug-likeness (QED) is 0.769. The van der Waals surface area contributed by atoms with E-state index in [9.17, 15) is 9.59 Å². The number of fused-ring (bicyclic) bond motifs is 1. The molecule has 0 aliphatic carbocycles. The molecule has 5 nitrogen and oxygen atoms in total. The zero-order valence-corrected chi connectivity index (χ0v) is 15.7. The van der Waals surface area contributed by atoms with Gasteiger partial charge in [0.2, 0.25) is 5.91 Å². The normalized spacial score (nSPS) is 17.5. The minimum absolute atomic E-state index is 0.158. The summed E-state index contributed by atoms with van der Waals surface area (Å²) < 4.78 is 5.39. The van der Waals surface area contributed by atoms with Gasteiger partial charge in [-0.25, -0.2) is 0 Å². The Bertz CT molecular complexity index is 580. The van der Waals surface area contributed by atoms with Crippen LogP contribution in [0.3, 0.4) is 0 Å². The molecule has 1 fully saturated rings. The Morgan fingerprint density at radius 1 is 1.24 bits per heavy atom. The number of likely N-dealkylation sites (tertiary alicyclic amines) is 1. The fourth-order valence-corrected chi connectivity index (χ4v) is 3.65. The summed E-state index contributed by atoms with van der Waals surface area (Å²) in [4.78, 5) is 27.4. The van der Waals surface area contributed by atoms with Crippen LogP contribution in [0.15, 0.2) is 18.2 Å². The number of aldehydes is 1. The number of piperidine rings is 1. The van der Waals surface area contributed by atoms with Crippen LogP contribution in [-0.4, -0.2) is 50.4 Å². The molecule has 138 valence electrons. The number of rotatable bonds is 5. The second-order valence-electron chi connectivity index (χ2n) is 6.38. The Labute approximate surface area is 150 Å². The number of carbonyl (C=O) groups is 2. The molecule has 2 aliphatic rings. The lowest BCUT2D eigenvalue weighted by atomic mass is 9.94. The smallest absolute Gasteiger partial charge is 0.241 e. The van der Waals surface area contributed by atoms with Crippen molar-refractivity contribution in [3.63, 3.8) is 0 Å². The van der Waals surface area contributed by atoms with Gasteiger partial charge in [-0.3, -0.25) is 9.69 Å². The molecule has 0 atom stereocenters. The Morgan fingerprint density at radius 2 is 1.96 bits per heavy atom. The Balaban J connectivity index is 0.00000109. The maximum atomic E-state index is 12.7. The molecule has 0 radical (unpaired) electrons. The molecular weight excluding hydrogens is 316 g/mol. The van der Waals surface area contributed by atoms with E-state index in [1.807, 2.05) is 36.9 Å². The summed E-state index contributed by atoms with van der Waals surface area (Å²) in [6, 6.07) is 5.89. The summed E-state index contributed by atoms with van der Waals surface area (Å²) in [6.45, 7) is 7.01. The van der Waals surface area contributed by atoms with E-state index >= 15 is 0 Å². The van der Waals surface area contributed by atoms with Crippen molar-refractivity contribution >= 4 is 17.9 Å². The van der Waals surface area contributed by atoms with Crippen LogP contribution in [0.1, 0.15) is 38.7 Å². The first-order valence-electron chi connectivity index (χ1n) is 9.35. The Hall–Kier alpha value is -1.88.